The topological polar surface area (TPSA) is 66.5 Å². The van der Waals surface area contributed by atoms with E-state index in [1.54, 1.807) is 35.1 Å². The van der Waals surface area contributed by atoms with E-state index in [4.69, 9.17) is 0 Å². The maximum Gasteiger partial charge on any atom is 0.251 e. The summed E-state index contributed by atoms with van der Waals surface area (Å²) in [6.45, 7) is 5.50. The molecule has 1 aliphatic heterocycles. The molecule has 0 aromatic heterocycles. The molecule has 1 aliphatic rings. The lowest BCUT2D eigenvalue weighted by molar-refractivity contribution is 0.0956. The van der Waals surface area contributed by atoms with Crippen molar-refractivity contribution in [1.82, 2.24) is 9.62 Å². The number of carbonyl (C=O) groups excluding carboxylic acids is 1. The van der Waals surface area contributed by atoms with Gasteiger partial charge in [-0.25, -0.2) is 8.42 Å². The minimum Gasteiger partial charge on any atom is -0.351 e. The lowest BCUT2D eigenvalue weighted by Gasteiger charge is -2.26. The van der Waals surface area contributed by atoms with Gasteiger partial charge in [0.1, 0.15) is 0 Å². The summed E-state index contributed by atoms with van der Waals surface area (Å²) in [5.74, 6) is 1.46. The second-order valence-corrected chi connectivity index (χ2v) is 10.8. The monoisotopic (exact) mass is 446 g/mol. The predicted molar refractivity (Wildman–Crippen MR) is 123 cm³/mol. The Morgan fingerprint density at radius 3 is 2.57 bits per heavy atom. The first-order chi connectivity index (χ1) is 14.4. The van der Waals surface area contributed by atoms with Crippen LogP contribution in [0, 0.1) is 13.8 Å². The van der Waals surface area contributed by atoms with Crippen LogP contribution in [0.25, 0.3) is 0 Å². The number of hydrogen-bond acceptors (Lipinski definition) is 4. The molecule has 0 unspecified atom stereocenters. The number of carbonyl (C=O) groups is 1. The number of benzene rings is 2. The molecule has 0 aliphatic carbocycles. The maximum atomic E-state index is 13.0. The molecule has 0 saturated carbocycles. The highest BCUT2D eigenvalue weighted by Crippen LogP contribution is 2.24. The molecular weight excluding hydrogens is 416 g/mol. The quantitative estimate of drug-likeness (QED) is 0.619. The van der Waals surface area contributed by atoms with Gasteiger partial charge < -0.3 is 5.32 Å². The Morgan fingerprint density at radius 2 is 1.83 bits per heavy atom. The Morgan fingerprint density at radius 1 is 1.07 bits per heavy atom. The van der Waals surface area contributed by atoms with Crippen LogP contribution in [-0.2, 0) is 15.8 Å². The van der Waals surface area contributed by atoms with Crippen molar-refractivity contribution in [1.29, 1.82) is 0 Å². The van der Waals surface area contributed by atoms with Crippen LogP contribution in [0.2, 0.25) is 0 Å². The molecule has 30 heavy (non-hydrogen) atoms. The molecule has 1 N–H and O–H groups in total. The predicted octanol–water partition coefficient (Wildman–Crippen LogP) is 4.14. The van der Waals surface area contributed by atoms with Crippen LogP contribution in [0.1, 0.15) is 46.3 Å². The zero-order chi connectivity index (χ0) is 21.6. The van der Waals surface area contributed by atoms with E-state index >= 15 is 0 Å². The van der Waals surface area contributed by atoms with Gasteiger partial charge in [0.05, 0.1) is 4.90 Å². The molecule has 1 fully saturated rings. The number of nitrogens with zero attached hydrogens (tertiary/aromatic N) is 1. The van der Waals surface area contributed by atoms with Gasteiger partial charge in [-0.2, -0.15) is 16.1 Å². The number of piperidine rings is 1. The van der Waals surface area contributed by atoms with Crippen LogP contribution in [0.4, 0.5) is 0 Å². The Hall–Kier alpha value is -1.83. The zero-order valence-electron chi connectivity index (χ0n) is 17.7. The van der Waals surface area contributed by atoms with E-state index in [1.807, 2.05) is 0 Å². The minimum atomic E-state index is -3.56. The SMILES string of the molecule is Cc1cccc(CSCCNC(=O)c2ccc(C)c(S(=O)(=O)N3CCCCC3)c2)c1. The summed E-state index contributed by atoms with van der Waals surface area (Å²) in [6.07, 6.45) is 2.84. The Bertz CT molecular complexity index is 984. The summed E-state index contributed by atoms with van der Waals surface area (Å²) in [6, 6.07) is 13.3. The van der Waals surface area contributed by atoms with E-state index < -0.39 is 10.0 Å². The lowest BCUT2D eigenvalue weighted by atomic mass is 10.1. The van der Waals surface area contributed by atoms with Crippen LogP contribution in [-0.4, -0.2) is 44.0 Å². The number of nitrogens with one attached hydrogen (secondary N) is 1. The molecule has 5 nitrogen and oxygen atoms in total. The van der Waals surface area contributed by atoms with Gasteiger partial charge in [0, 0.05) is 36.7 Å². The van der Waals surface area contributed by atoms with E-state index in [9.17, 15) is 13.2 Å². The van der Waals surface area contributed by atoms with Gasteiger partial charge in [0.15, 0.2) is 0 Å². The first-order valence-corrected chi connectivity index (χ1v) is 13.0. The van der Waals surface area contributed by atoms with E-state index in [1.165, 1.54) is 17.2 Å². The van der Waals surface area contributed by atoms with Gasteiger partial charge in [0.25, 0.3) is 5.91 Å². The molecular formula is C23H30N2O3S2. The number of hydrogen-bond donors (Lipinski definition) is 1. The molecule has 0 spiro atoms. The minimum absolute atomic E-state index is 0.235. The van der Waals surface area contributed by atoms with Crippen molar-refractivity contribution in [2.24, 2.45) is 0 Å². The second-order valence-electron chi connectivity index (χ2n) is 7.74. The molecule has 0 atom stereocenters. The molecule has 0 bridgehead atoms. The summed E-state index contributed by atoms with van der Waals surface area (Å²) in [7, 11) is -3.56. The fourth-order valence-corrected chi connectivity index (χ4v) is 6.17. The fraction of sp³-hybridized carbons (Fsp3) is 0.435. The molecule has 162 valence electrons. The first-order valence-electron chi connectivity index (χ1n) is 10.4. The van der Waals surface area contributed by atoms with Gasteiger partial charge >= 0.3 is 0 Å². The molecule has 7 heteroatoms. The van der Waals surface area contributed by atoms with Crippen LogP contribution in [0.3, 0.4) is 0 Å². The van der Waals surface area contributed by atoms with Crippen molar-refractivity contribution in [3.05, 3.63) is 64.7 Å². The largest absolute Gasteiger partial charge is 0.351 e. The van der Waals surface area contributed by atoms with Crippen LogP contribution < -0.4 is 5.32 Å². The molecule has 3 rings (SSSR count). The van der Waals surface area contributed by atoms with Gasteiger partial charge in [-0.1, -0.05) is 42.3 Å². The zero-order valence-corrected chi connectivity index (χ0v) is 19.3. The summed E-state index contributed by atoms with van der Waals surface area (Å²) >= 11 is 1.76. The molecule has 2 aromatic rings. The summed E-state index contributed by atoms with van der Waals surface area (Å²) in [5, 5.41) is 2.91. The number of sulfonamides is 1. The third kappa shape index (κ3) is 5.86. The van der Waals surface area contributed by atoms with Crippen molar-refractivity contribution in [2.45, 2.75) is 43.8 Å². The Balaban J connectivity index is 1.56. The van der Waals surface area contributed by atoms with Gasteiger partial charge in [-0.3, -0.25) is 4.79 Å². The molecule has 1 heterocycles. The molecule has 2 aromatic carbocycles. The van der Waals surface area contributed by atoms with Crippen molar-refractivity contribution in [3.63, 3.8) is 0 Å². The Labute approximate surface area is 184 Å². The number of thioether (sulfide) groups is 1. The Kier molecular flexibility index (Phi) is 7.97. The molecule has 1 amide bonds. The van der Waals surface area contributed by atoms with Crippen molar-refractivity contribution in [3.8, 4) is 0 Å². The van der Waals surface area contributed by atoms with E-state index in [-0.39, 0.29) is 10.8 Å². The standard InChI is InChI=1S/C23H30N2O3S2/c1-18-7-6-8-20(15-18)17-29-14-11-24-23(26)21-10-9-19(2)22(16-21)30(27,28)25-12-4-3-5-13-25/h6-10,15-16H,3-5,11-14,17H2,1-2H3,(H,24,26). The lowest BCUT2D eigenvalue weighted by Crippen LogP contribution is -2.36. The van der Waals surface area contributed by atoms with Gasteiger partial charge in [-0.05, 0) is 49.9 Å². The smallest absolute Gasteiger partial charge is 0.251 e. The third-order valence-corrected chi connectivity index (χ3v) is 8.34. The fourth-order valence-electron chi connectivity index (χ4n) is 3.59. The van der Waals surface area contributed by atoms with E-state index in [0.29, 0.717) is 30.8 Å². The second kappa shape index (κ2) is 10.5. The van der Waals surface area contributed by atoms with E-state index in [2.05, 4.69) is 36.5 Å². The molecule has 0 radical (unpaired) electrons. The van der Waals surface area contributed by atoms with Crippen LogP contribution >= 0.6 is 11.8 Å². The van der Waals surface area contributed by atoms with Gasteiger partial charge in [-0.15, -0.1) is 0 Å². The maximum absolute atomic E-state index is 13.0. The average molecular weight is 447 g/mol. The van der Waals surface area contributed by atoms with Crippen molar-refractivity contribution >= 4 is 27.7 Å². The summed E-state index contributed by atoms with van der Waals surface area (Å²) < 4.78 is 27.6. The van der Waals surface area contributed by atoms with Crippen LogP contribution in [0.5, 0.6) is 0 Å². The highest BCUT2D eigenvalue weighted by Gasteiger charge is 2.28. The number of rotatable bonds is 8. The summed E-state index contributed by atoms with van der Waals surface area (Å²) in [4.78, 5) is 12.8. The van der Waals surface area contributed by atoms with Gasteiger partial charge in [0.2, 0.25) is 10.0 Å². The summed E-state index contributed by atoms with van der Waals surface area (Å²) in [5.41, 5.74) is 3.58. The van der Waals surface area contributed by atoms with Crippen molar-refractivity contribution < 1.29 is 13.2 Å². The highest BCUT2D eigenvalue weighted by atomic mass is 32.2. The average Bonchev–Trinajstić information content (AvgIpc) is 2.74. The van der Waals surface area contributed by atoms with Crippen LogP contribution in [0.15, 0.2) is 47.4 Å². The third-order valence-electron chi connectivity index (χ3n) is 5.27. The number of amides is 1. The molecule has 1 saturated heterocycles. The normalized spacial score (nSPS) is 15.1. The first kappa shape index (κ1) is 22.8. The van der Waals surface area contributed by atoms with E-state index in [0.717, 1.165) is 30.8 Å². The highest BCUT2D eigenvalue weighted by molar-refractivity contribution is 7.98. The number of aryl methyl sites for hydroxylation is 2. The van der Waals surface area contributed by atoms with Crippen molar-refractivity contribution in [2.75, 3.05) is 25.4 Å².